The molecule has 0 spiro atoms. The molecule has 0 unspecified atom stereocenters. The molecule has 1 saturated heterocycles. The first kappa shape index (κ1) is 15.4. The summed E-state index contributed by atoms with van der Waals surface area (Å²) in [5.74, 6) is -0.129. The van der Waals surface area contributed by atoms with E-state index >= 15 is 0 Å². The Morgan fingerprint density at radius 2 is 2.10 bits per heavy atom. The highest BCUT2D eigenvalue weighted by Crippen LogP contribution is 2.25. The van der Waals surface area contributed by atoms with Gasteiger partial charge in [-0.25, -0.2) is 4.79 Å². The fourth-order valence-electron chi connectivity index (χ4n) is 2.87. The maximum absolute atomic E-state index is 12.8. The third kappa shape index (κ3) is 3.17. The molecule has 1 heterocycles. The molecule has 1 aliphatic heterocycles. The fourth-order valence-corrected chi connectivity index (χ4v) is 2.87. The van der Waals surface area contributed by atoms with Gasteiger partial charge >= 0.3 is 6.09 Å². The number of rotatable bonds is 3. The van der Waals surface area contributed by atoms with Crippen molar-refractivity contribution in [2.24, 2.45) is 0 Å². The predicted octanol–water partition coefficient (Wildman–Crippen LogP) is 2.88. The Bertz CT molecular complexity index is 542. The quantitative estimate of drug-likeness (QED) is 0.931. The number of hydrogen-bond donors (Lipinski definition) is 1. The lowest BCUT2D eigenvalue weighted by molar-refractivity contribution is -0.122. The van der Waals surface area contributed by atoms with Crippen LogP contribution in [0, 0.1) is 6.92 Å². The summed E-state index contributed by atoms with van der Waals surface area (Å²) in [7, 11) is 0. The van der Waals surface area contributed by atoms with Crippen LogP contribution >= 0.6 is 0 Å². The van der Waals surface area contributed by atoms with Crippen molar-refractivity contribution in [1.82, 2.24) is 4.90 Å². The third-order valence-corrected chi connectivity index (χ3v) is 3.82. The van der Waals surface area contributed by atoms with Gasteiger partial charge in [0.2, 0.25) is 5.91 Å². The highest BCUT2D eigenvalue weighted by Gasteiger charge is 2.37. The van der Waals surface area contributed by atoms with E-state index in [0.29, 0.717) is 13.0 Å². The number of likely N-dealkylation sites (tertiary alicyclic amines) is 1. The van der Waals surface area contributed by atoms with E-state index in [9.17, 15) is 14.7 Å². The van der Waals surface area contributed by atoms with Crippen LogP contribution in [0.1, 0.15) is 32.3 Å². The Labute approximate surface area is 125 Å². The van der Waals surface area contributed by atoms with Crippen LogP contribution in [0.5, 0.6) is 0 Å². The van der Waals surface area contributed by atoms with Crippen molar-refractivity contribution in [1.29, 1.82) is 0 Å². The van der Waals surface area contributed by atoms with E-state index in [-0.39, 0.29) is 11.9 Å². The van der Waals surface area contributed by atoms with Gasteiger partial charge in [0.15, 0.2) is 0 Å². The lowest BCUT2D eigenvalue weighted by atomic mass is 10.1. The molecule has 1 fully saturated rings. The minimum absolute atomic E-state index is 0.0180. The van der Waals surface area contributed by atoms with E-state index in [0.717, 1.165) is 17.7 Å². The van der Waals surface area contributed by atoms with Gasteiger partial charge in [0, 0.05) is 18.3 Å². The molecule has 0 aromatic heterocycles. The number of amides is 2. The standard InChI is InChI=1S/C16H22N2O3/c1-11(2)18(13-7-4-6-12(3)10-13)15(19)14-8-5-9-17(14)16(20)21/h4,6-7,10-11,14H,5,8-9H2,1-3H3,(H,20,21)/t14-/m0/s1. The van der Waals surface area contributed by atoms with Crippen LogP contribution < -0.4 is 4.90 Å². The molecular weight excluding hydrogens is 268 g/mol. The van der Waals surface area contributed by atoms with Crippen molar-refractivity contribution in [3.05, 3.63) is 29.8 Å². The summed E-state index contributed by atoms with van der Waals surface area (Å²) in [6.07, 6.45) is 0.321. The molecule has 1 N–H and O–H groups in total. The van der Waals surface area contributed by atoms with Crippen molar-refractivity contribution in [2.45, 2.75) is 45.7 Å². The lowest BCUT2D eigenvalue weighted by Crippen LogP contribution is -2.50. The molecule has 2 amide bonds. The number of benzene rings is 1. The van der Waals surface area contributed by atoms with Crippen molar-refractivity contribution < 1.29 is 14.7 Å². The average Bonchev–Trinajstić information content (AvgIpc) is 2.87. The summed E-state index contributed by atoms with van der Waals surface area (Å²) >= 11 is 0. The van der Waals surface area contributed by atoms with Crippen LogP contribution in [-0.4, -0.2) is 40.6 Å². The normalized spacial score (nSPS) is 18.1. The van der Waals surface area contributed by atoms with Gasteiger partial charge in [-0.1, -0.05) is 12.1 Å². The Hall–Kier alpha value is -2.04. The van der Waals surface area contributed by atoms with Crippen molar-refractivity contribution in [2.75, 3.05) is 11.4 Å². The first-order valence-corrected chi connectivity index (χ1v) is 7.31. The highest BCUT2D eigenvalue weighted by atomic mass is 16.4. The molecule has 5 nitrogen and oxygen atoms in total. The first-order valence-electron chi connectivity index (χ1n) is 7.31. The number of hydrogen-bond acceptors (Lipinski definition) is 2. The predicted molar refractivity (Wildman–Crippen MR) is 81.6 cm³/mol. The lowest BCUT2D eigenvalue weighted by Gasteiger charge is -2.32. The van der Waals surface area contributed by atoms with Gasteiger partial charge in [-0.15, -0.1) is 0 Å². The topological polar surface area (TPSA) is 60.9 Å². The molecule has 0 radical (unpaired) electrons. The van der Waals surface area contributed by atoms with E-state index < -0.39 is 12.1 Å². The zero-order valence-corrected chi connectivity index (χ0v) is 12.7. The summed E-state index contributed by atoms with van der Waals surface area (Å²) in [4.78, 5) is 27.1. The summed E-state index contributed by atoms with van der Waals surface area (Å²) in [6.45, 7) is 6.30. The van der Waals surface area contributed by atoms with Crippen LogP contribution in [-0.2, 0) is 4.79 Å². The van der Waals surface area contributed by atoms with Gasteiger partial charge in [0.1, 0.15) is 6.04 Å². The largest absolute Gasteiger partial charge is 0.465 e. The second kappa shape index (κ2) is 6.16. The molecule has 1 aromatic carbocycles. The van der Waals surface area contributed by atoms with Crippen molar-refractivity contribution >= 4 is 17.7 Å². The molecule has 5 heteroatoms. The number of aryl methyl sites for hydroxylation is 1. The molecule has 1 aliphatic rings. The van der Waals surface area contributed by atoms with Crippen molar-refractivity contribution in [3.63, 3.8) is 0 Å². The summed E-state index contributed by atoms with van der Waals surface area (Å²) in [5, 5.41) is 9.22. The highest BCUT2D eigenvalue weighted by molar-refractivity contribution is 5.99. The Morgan fingerprint density at radius 3 is 2.67 bits per heavy atom. The van der Waals surface area contributed by atoms with Crippen molar-refractivity contribution in [3.8, 4) is 0 Å². The minimum atomic E-state index is -1.02. The van der Waals surface area contributed by atoms with E-state index in [1.54, 1.807) is 4.90 Å². The first-order chi connectivity index (χ1) is 9.91. The van der Waals surface area contributed by atoms with Crippen LogP contribution in [0.2, 0.25) is 0 Å². The van der Waals surface area contributed by atoms with E-state index in [4.69, 9.17) is 0 Å². The van der Waals surface area contributed by atoms with E-state index in [1.165, 1.54) is 4.90 Å². The summed E-state index contributed by atoms with van der Waals surface area (Å²) in [6, 6.07) is 7.16. The smallest absolute Gasteiger partial charge is 0.407 e. The number of nitrogens with zero attached hydrogens (tertiary/aromatic N) is 2. The second-order valence-electron chi connectivity index (χ2n) is 5.77. The molecule has 21 heavy (non-hydrogen) atoms. The van der Waals surface area contributed by atoms with Gasteiger partial charge in [0.05, 0.1) is 0 Å². The number of carbonyl (C=O) groups is 2. The Kier molecular flexibility index (Phi) is 4.50. The Morgan fingerprint density at radius 1 is 1.38 bits per heavy atom. The monoisotopic (exact) mass is 290 g/mol. The molecular formula is C16H22N2O3. The van der Waals surface area contributed by atoms with Crippen LogP contribution in [0.4, 0.5) is 10.5 Å². The average molecular weight is 290 g/mol. The van der Waals surface area contributed by atoms with E-state index in [2.05, 4.69) is 0 Å². The van der Waals surface area contributed by atoms with Crippen LogP contribution in [0.15, 0.2) is 24.3 Å². The van der Waals surface area contributed by atoms with Crippen LogP contribution in [0.25, 0.3) is 0 Å². The molecule has 1 atom stereocenters. The van der Waals surface area contributed by atoms with Gasteiger partial charge in [-0.3, -0.25) is 9.69 Å². The van der Waals surface area contributed by atoms with Gasteiger partial charge in [0.25, 0.3) is 0 Å². The zero-order chi connectivity index (χ0) is 15.6. The number of anilines is 1. The second-order valence-corrected chi connectivity index (χ2v) is 5.77. The number of carbonyl (C=O) groups excluding carboxylic acids is 1. The molecule has 0 bridgehead atoms. The van der Waals surface area contributed by atoms with Gasteiger partial charge < -0.3 is 10.0 Å². The Balaban J connectivity index is 2.30. The van der Waals surface area contributed by atoms with Gasteiger partial charge in [-0.05, 0) is 51.3 Å². The number of carboxylic acid groups (broad SMARTS) is 1. The molecule has 0 aliphatic carbocycles. The SMILES string of the molecule is Cc1cccc(N(C(=O)[C@@H]2CCCN2C(=O)O)C(C)C)c1. The third-order valence-electron chi connectivity index (χ3n) is 3.82. The maximum Gasteiger partial charge on any atom is 0.407 e. The maximum atomic E-state index is 12.8. The fraction of sp³-hybridized carbons (Fsp3) is 0.500. The zero-order valence-electron chi connectivity index (χ0n) is 12.7. The van der Waals surface area contributed by atoms with Gasteiger partial charge in [-0.2, -0.15) is 0 Å². The molecule has 0 saturated carbocycles. The molecule has 1 aromatic rings. The molecule has 2 rings (SSSR count). The minimum Gasteiger partial charge on any atom is -0.465 e. The molecule has 114 valence electrons. The summed E-state index contributed by atoms with van der Waals surface area (Å²) in [5.41, 5.74) is 1.90. The van der Waals surface area contributed by atoms with E-state index in [1.807, 2.05) is 45.0 Å². The summed E-state index contributed by atoms with van der Waals surface area (Å²) < 4.78 is 0. The van der Waals surface area contributed by atoms with Crippen LogP contribution in [0.3, 0.4) is 0 Å².